The van der Waals surface area contributed by atoms with Crippen LogP contribution in [0.15, 0.2) is 0 Å². The smallest absolute Gasteiger partial charge is 0.197 e. The van der Waals surface area contributed by atoms with E-state index in [0.29, 0.717) is 6.16 Å². The van der Waals surface area contributed by atoms with E-state index in [1.54, 1.807) is 0 Å². The lowest BCUT2D eigenvalue weighted by atomic mass is 10.6. The van der Waals surface area contributed by atoms with Crippen LogP contribution in [0.1, 0.15) is 13.3 Å². The van der Waals surface area contributed by atoms with Crippen LogP contribution in [0.5, 0.6) is 0 Å². The quantitative estimate of drug-likeness (QED) is 0.695. The largest absolute Gasteiger partial charge is 0.344 e. The van der Waals surface area contributed by atoms with E-state index in [9.17, 15) is 4.57 Å². The summed E-state index contributed by atoms with van der Waals surface area (Å²) in [6.45, 7) is 3.28. The third-order valence-electron chi connectivity index (χ3n) is 0.639. The summed E-state index contributed by atoms with van der Waals surface area (Å²) in [5, 5.41) is 0. The van der Waals surface area contributed by atoms with Crippen LogP contribution in [0.3, 0.4) is 0 Å². The van der Waals surface area contributed by atoms with Crippen LogP contribution in [-0.4, -0.2) is 17.7 Å². The van der Waals surface area contributed by atoms with Gasteiger partial charge in [0.15, 0.2) is 7.37 Å². The molecule has 1 unspecified atom stereocenters. The van der Waals surface area contributed by atoms with Crippen molar-refractivity contribution in [2.45, 2.75) is 13.3 Å². The summed E-state index contributed by atoms with van der Waals surface area (Å²) in [5.74, 6) is 0. The highest BCUT2D eigenvalue weighted by Gasteiger charge is 2.04. The van der Waals surface area contributed by atoms with Crippen LogP contribution in [0.2, 0.25) is 0 Å². The SMILES string of the molecule is Br.CCCP(C)(=O)O. The van der Waals surface area contributed by atoms with Gasteiger partial charge in [-0.3, -0.25) is 4.57 Å². The van der Waals surface area contributed by atoms with Crippen molar-refractivity contribution in [2.24, 2.45) is 0 Å². The van der Waals surface area contributed by atoms with Crippen molar-refractivity contribution in [2.75, 3.05) is 12.8 Å². The molecule has 52 valence electrons. The first-order chi connectivity index (χ1) is 3.06. The summed E-state index contributed by atoms with van der Waals surface area (Å²) < 4.78 is 10.4. The zero-order valence-corrected chi connectivity index (χ0v) is 7.73. The minimum atomic E-state index is -2.67. The van der Waals surface area contributed by atoms with Crippen molar-refractivity contribution >= 4 is 24.4 Å². The molecule has 0 radical (unpaired) electrons. The maximum atomic E-state index is 10.4. The Hall–Kier alpha value is 0.670. The van der Waals surface area contributed by atoms with Gasteiger partial charge < -0.3 is 4.89 Å². The van der Waals surface area contributed by atoms with Gasteiger partial charge >= 0.3 is 0 Å². The van der Waals surface area contributed by atoms with Gasteiger partial charge in [0, 0.05) is 12.8 Å². The van der Waals surface area contributed by atoms with Gasteiger partial charge in [-0.15, -0.1) is 17.0 Å². The van der Waals surface area contributed by atoms with Gasteiger partial charge in [-0.25, -0.2) is 0 Å². The average molecular weight is 203 g/mol. The molecule has 0 rings (SSSR count). The Morgan fingerprint density at radius 2 is 2.00 bits per heavy atom. The summed E-state index contributed by atoms with van der Waals surface area (Å²) in [6.07, 6.45) is 1.25. The summed E-state index contributed by atoms with van der Waals surface area (Å²) in [5.41, 5.74) is 0. The molecule has 0 aromatic carbocycles. The molecular weight excluding hydrogens is 191 g/mol. The van der Waals surface area contributed by atoms with Gasteiger partial charge in [0.2, 0.25) is 0 Å². The topological polar surface area (TPSA) is 37.3 Å². The fraction of sp³-hybridized carbons (Fsp3) is 1.00. The molecule has 0 heterocycles. The van der Waals surface area contributed by atoms with E-state index in [0.717, 1.165) is 6.42 Å². The second-order valence-electron chi connectivity index (χ2n) is 1.77. The highest BCUT2D eigenvalue weighted by atomic mass is 79.9. The van der Waals surface area contributed by atoms with Crippen molar-refractivity contribution in [3.63, 3.8) is 0 Å². The van der Waals surface area contributed by atoms with E-state index in [1.807, 2.05) is 6.92 Å². The molecule has 1 atom stereocenters. The number of halogens is 1. The van der Waals surface area contributed by atoms with Crippen molar-refractivity contribution in [3.05, 3.63) is 0 Å². The van der Waals surface area contributed by atoms with Crippen LogP contribution in [0.4, 0.5) is 0 Å². The number of hydrogen-bond donors (Lipinski definition) is 1. The number of hydrogen-bond acceptors (Lipinski definition) is 1. The molecule has 0 aliphatic carbocycles. The van der Waals surface area contributed by atoms with Gasteiger partial charge in [-0.1, -0.05) is 6.92 Å². The van der Waals surface area contributed by atoms with Crippen molar-refractivity contribution < 1.29 is 9.46 Å². The summed E-state index contributed by atoms with van der Waals surface area (Å²) >= 11 is 0. The predicted molar refractivity (Wildman–Crippen MR) is 41.2 cm³/mol. The Kier molecular flexibility index (Phi) is 6.51. The van der Waals surface area contributed by atoms with Gasteiger partial charge in [-0.05, 0) is 6.42 Å². The van der Waals surface area contributed by atoms with Crippen molar-refractivity contribution in [1.29, 1.82) is 0 Å². The highest BCUT2D eigenvalue weighted by molar-refractivity contribution is 8.93. The molecule has 0 saturated carbocycles. The zero-order valence-electron chi connectivity index (χ0n) is 5.13. The van der Waals surface area contributed by atoms with Gasteiger partial charge in [0.1, 0.15) is 0 Å². The lowest BCUT2D eigenvalue weighted by Crippen LogP contribution is -1.81. The third-order valence-corrected chi connectivity index (χ3v) is 1.92. The van der Waals surface area contributed by atoms with Crippen molar-refractivity contribution in [1.82, 2.24) is 0 Å². The first-order valence-corrected chi connectivity index (χ1v) is 4.65. The molecule has 0 aromatic rings. The monoisotopic (exact) mass is 202 g/mol. The first kappa shape index (κ1) is 11.5. The first-order valence-electron chi connectivity index (χ1n) is 2.35. The minimum Gasteiger partial charge on any atom is -0.344 e. The van der Waals surface area contributed by atoms with Crippen LogP contribution in [-0.2, 0) is 4.57 Å². The van der Waals surface area contributed by atoms with E-state index in [2.05, 4.69) is 0 Å². The normalized spacial score (nSPS) is 16.4. The summed E-state index contributed by atoms with van der Waals surface area (Å²) in [7, 11) is -2.67. The molecule has 0 amide bonds. The number of rotatable bonds is 2. The molecule has 0 spiro atoms. The Morgan fingerprint density at radius 1 is 1.62 bits per heavy atom. The lowest BCUT2D eigenvalue weighted by Gasteiger charge is -1.98. The van der Waals surface area contributed by atoms with Crippen LogP contribution in [0, 0.1) is 0 Å². The molecule has 8 heavy (non-hydrogen) atoms. The van der Waals surface area contributed by atoms with Crippen LogP contribution < -0.4 is 0 Å². The van der Waals surface area contributed by atoms with Crippen LogP contribution in [0.25, 0.3) is 0 Å². The molecular formula is C4H12BrO2P. The molecule has 0 fully saturated rings. The lowest BCUT2D eigenvalue weighted by molar-refractivity contribution is 0.484. The molecule has 2 nitrogen and oxygen atoms in total. The van der Waals surface area contributed by atoms with E-state index >= 15 is 0 Å². The van der Waals surface area contributed by atoms with Gasteiger partial charge in [-0.2, -0.15) is 0 Å². The fourth-order valence-corrected chi connectivity index (χ4v) is 1.24. The Bertz CT molecular complexity index is 88.0. The molecule has 1 N–H and O–H groups in total. The highest BCUT2D eigenvalue weighted by Crippen LogP contribution is 2.35. The molecule has 0 saturated heterocycles. The Balaban J connectivity index is 0. The zero-order chi connectivity index (χ0) is 5.91. The van der Waals surface area contributed by atoms with E-state index in [1.165, 1.54) is 6.66 Å². The van der Waals surface area contributed by atoms with Gasteiger partial charge in [0.25, 0.3) is 0 Å². The molecule has 0 aromatic heterocycles. The third kappa shape index (κ3) is 9.83. The Labute approximate surface area is 60.5 Å². The molecule has 0 aliphatic heterocycles. The van der Waals surface area contributed by atoms with E-state index < -0.39 is 7.37 Å². The Morgan fingerprint density at radius 3 is 2.00 bits per heavy atom. The molecule has 4 heteroatoms. The molecule has 0 bridgehead atoms. The second-order valence-corrected chi connectivity index (χ2v) is 4.32. The standard InChI is InChI=1S/C4H11O2P.BrH/c1-3-4-7(2,5)6;/h3-4H2,1-2H3,(H,5,6);1H. The van der Waals surface area contributed by atoms with E-state index in [4.69, 9.17) is 4.89 Å². The van der Waals surface area contributed by atoms with Crippen molar-refractivity contribution in [3.8, 4) is 0 Å². The van der Waals surface area contributed by atoms with Crippen LogP contribution >= 0.6 is 24.4 Å². The second kappa shape index (κ2) is 4.54. The summed E-state index contributed by atoms with van der Waals surface area (Å²) in [4.78, 5) is 8.57. The van der Waals surface area contributed by atoms with E-state index in [-0.39, 0.29) is 17.0 Å². The minimum absolute atomic E-state index is 0. The summed E-state index contributed by atoms with van der Waals surface area (Å²) in [6, 6.07) is 0. The fourth-order valence-electron chi connectivity index (χ4n) is 0.415. The predicted octanol–water partition coefficient (Wildman–Crippen LogP) is 1.87. The maximum Gasteiger partial charge on any atom is 0.197 e. The average Bonchev–Trinajstić information content (AvgIpc) is 1.30. The molecule has 0 aliphatic rings. The van der Waals surface area contributed by atoms with Gasteiger partial charge in [0.05, 0.1) is 0 Å². The maximum absolute atomic E-state index is 10.4.